The van der Waals surface area contributed by atoms with E-state index in [1.54, 1.807) is 0 Å². The highest BCUT2D eigenvalue weighted by Gasteiger charge is 2.23. The van der Waals surface area contributed by atoms with E-state index in [-0.39, 0.29) is 5.91 Å². The number of amides is 1. The fourth-order valence-electron chi connectivity index (χ4n) is 3.25. The van der Waals surface area contributed by atoms with Crippen LogP contribution in [0, 0.1) is 0 Å². The van der Waals surface area contributed by atoms with Crippen LogP contribution in [0.4, 0.5) is 5.69 Å². The van der Waals surface area contributed by atoms with Crippen molar-refractivity contribution in [2.24, 2.45) is 0 Å². The van der Waals surface area contributed by atoms with Crippen molar-refractivity contribution < 1.29 is 4.79 Å². The third-order valence-corrected chi connectivity index (χ3v) is 6.17. The summed E-state index contributed by atoms with van der Waals surface area (Å²) in [5, 5.41) is 12.5. The van der Waals surface area contributed by atoms with Crippen LogP contribution in [0.5, 0.6) is 0 Å². The molecule has 1 fully saturated rings. The van der Waals surface area contributed by atoms with Gasteiger partial charge in [0.1, 0.15) is 5.82 Å². The highest BCUT2D eigenvalue weighted by atomic mass is 79.9. The number of nitrogens with one attached hydrogen (secondary N) is 1. The number of hydrogen-bond acceptors (Lipinski definition) is 4. The van der Waals surface area contributed by atoms with Gasteiger partial charge in [-0.2, -0.15) is 0 Å². The molecule has 1 heterocycles. The van der Waals surface area contributed by atoms with Gasteiger partial charge in [0, 0.05) is 16.9 Å². The molecule has 134 valence electrons. The fraction of sp³-hybridized carbons (Fsp3) is 0.500. The van der Waals surface area contributed by atoms with Gasteiger partial charge in [-0.3, -0.25) is 4.79 Å². The Morgan fingerprint density at radius 2 is 2.04 bits per heavy atom. The Hall–Kier alpha value is -1.34. The third-order valence-electron chi connectivity index (χ3n) is 4.51. The van der Waals surface area contributed by atoms with E-state index in [1.165, 1.54) is 43.9 Å². The Morgan fingerprint density at radius 3 is 2.76 bits per heavy atom. The van der Waals surface area contributed by atoms with E-state index in [9.17, 15) is 4.79 Å². The fourth-order valence-corrected chi connectivity index (χ4v) is 4.44. The number of rotatable bonds is 6. The summed E-state index contributed by atoms with van der Waals surface area (Å²) in [6.45, 7) is 2.95. The molecule has 1 saturated carbocycles. The van der Waals surface area contributed by atoms with Crippen molar-refractivity contribution in [3.63, 3.8) is 0 Å². The van der Waals surface area contributed by atoms with Crippen LogP contribution in [0.2, 0.25) is 0 Å². The van der Waals surface area contributed by atoms with E-state index >= 15 is 0 Å². The van der Waals surface area contributed by atoms with Crippen molar-refractivity contribution in [3.8, 4) is 0 Å². The molecule has 1 aromatic carbocycles. The van der Waals surface area contributed by atoms with E-state index in [0.29, 0.717) is 11.7 Å². The predicted octanol–water partition coefficient (Wildman–Crippen LogP) is 4.84. The Kier molecular flexibility index (Phi) is 6.53. The highest BCUT2D eigenvalue weighted by molar-refractivity contribution is 9.10. The molecule has 0 aliphatic heterocycles. The van der Waals surface area contributed by atoms with Gasteiger partial charge in [0.25, 0.3) is 0 Å². The summed E-state index contributed by atoms with van der Waals surface area (Å²) in [4.78, 5) is 12.2. The van der Waals surface area contributed by atoms with Gasteiger partial charge in [-0.25, -0.2) is 0 Å². The van der Waals surface area contributed by atoms with Crippen LogP contribution in [-0.2, 0) is 11.3 Å². The first kappa shape index (κ1) is 18.5. The molecule has 1 aliphatic carbocycles. The third kappa shape index (κ3) is 4.64. The van der Waals surface area contributed by atoms with Gasteiger partial charge in [-0.05, 0) is 47.8 Å². The summed E-state index contributed by atoms with van der Waals surface area (Å²) in [6, 6.07) is 7.61. The molecule has 0 atom stereocenters. The van der Waals surface area contributed by atoms with E-state index in [2.05, 4.69) is 42.9 Å². The molecule has 5 nitrogen and oxygen atoms in total. The van der Waals surface area contributed by atoms with Crippen molar-refractivity contribution >= 4 is 39.3 Å². The molecule has 1 N–H and O–H groups in total. The van der Waals surface area contributed by atoms with Gasteiger partial charge in [-0.15, -0.1) is 10.2 Å². The summed E-state index contributed by atoms with van der Waals surface area (Å²) < 4.78 is 3.05. The molecule has 1 aromatic heterocycles. The molecule has 1 amide bonds. The lowest BCUT2D eigenvalue weighted by molar-refractivity contribution is -0.113. The maximum atomic E-state index is 12.2. The van der Waals surface area contributed by atoms with Crippen LogP contribution in [0.15, 0.2) is 33.9 Å². The van der Waals surface area contributed by atoms with Gasteiger partial charge in [0.15, 0.2) is 5.16 Å². The number of para-hydroxylation sites is 1. The number of anilines is 1. The minimum atomic E-state index is -0.0400. The normalized spacial score (nSPS) is 15.3. The average Bonchev–Trinajstić information content (AvgIpc) is 3.05. The molecule has 0 spiro atoms. The van der Waals surface area contributed by atoms with Crippen LogP contribution < -0.4 is 5.32 Å². The maximum Gasteiger partial charge on any atom is 0.234 e. The number of aromatic nitrogens is 3. The zero-order valence-corrected chi connectivity index (χ0v) is 16.8. The molecular weight excluding hydrogens is 400 g/mol. The summed E-state index contributed by atoms with van der Waals surface area (Å²) in [6.07, 6.45) is 6.28. The van der Waals surface area contributed by atoms with Crippen molar-refractivity contribution in [2.75, 3.05) is 11.1 Å². The Labute approximate surface area is 161 Å². The number of halogens is 1. The molecule has 1 aliphatic rings. The smallest absolute Gasteiger partial charge is 0.234 e. The predicted molar refractivity (Wildman–Crippen MR) is 105 cm³/mol. The number of thioether (sulfide) groups is 1. The first-order valence-corrected chi connectivity index (χ1v) is 10.6. The van der Waals surface area contributed by atoms with Crippen LogP contribution in [-0.4, -0.2) is 26.4 Å². The van der Waals surface area contributed by atoms with Crippen molar-refractivity contribution in [3.05, 3.63) is 34.6 Å². The Bertz CT molecular complexity index is 728. The van der Waals surface area contributed by atoms with Crippen LogP contribution >= 0.6 is 27.7 Å². The Morgan fingerprint density at radius 1 is 1.28 bits per heavy atom. The average molecular weight is 423 g/mol. The van der Waals surface area contributed by atoms with Gasteiger partial charge in [0.05, 0.1) is 11.4 Å². The van der Waals surface area contributed by atoms with E-state index in [4.69, 9.17) is 0 Å². The first-order valence-electron chi connectivity index (χ1n) is 8.79. The SMILES string of the molecule is CCn1c(SCC(=O)Nc2ccccc2Br)nnc1C1CCCCC1. The topological polar surface area (TPSA) is 59.8 Å². The lowest BCUT2D eigenvalue weighted by atomic mass is 9.89. The minimum absolute atomic E-state index is 0.0400. The number of carbonyl (C=O) groups is 1. The number of benzene rings is 1. The highest BCUT2D eigenvalue weighted by Crippen LogP contribution is 2.33. The van der Waals surface area contributed by atoms with Crippen molar-refractivity contribution in [1.29, 1.82) is 0 Å². The first-order chi connectivity index (χ1) is 12.2. The van der Waals surface area contributed by atoms with Gasteiger partial charge < -0.3 is 9.88 Å². The summed E-state index contributed by atoms with van der Waals surface area (Å²) in [7, 11) is 0. The number of hydrogen-bond donors (Lipinski definition) is 1. The molecule has 2 aromatic rings. The van der Waals surface area contributed by atoms with Crippen LogP contribution in [0.3, 0.4) is 0 Å². The Balaban J connectivity index is 1.62. The molecule has 0 bridgehead atoms. The van der Waals surface area contributed by atoms with Gasteiger partial charge in [-0.1, -0.05) is 43.2 Å². The zero-order chi connectivity index (χ0) is 17.6. The van der Waals surface area contributed by atoms with E-state index < -0.39 is 0 Å². The minimum Gasteiger partial charge on any atom is -0.324 e. The molecular formula is C18H23BrN4OS. The molecule has 25 heavy (non-hydrogen) atoms. The monoisotopic (exact) mass is 422 g/mol. The van der Waals surface area contributed by atoms with Crippen LogP contribution in [0.25, 0.3) is 0 Å². The molecule has 0 radical (unpaired) electrons. The zero-order valence-electron chi connectivity index (χ0n) is 14.4. The van der Waals surface area contributed by atoms with Crippen molar-refractivity contribution in [2.45, 2.75) is 56.6 Å². The standard InChI is InChI=1S/C18H23BrN4OS/c1-2-23-17(13-8-4-3-5-9-13)21-22-18(23)25-12-16(24)20-15-11-7-6-10-14(15)19/h6-7,10-11,13H,2-5,8-9,12H2,1H3,(H,20,24). The largest absolute Gasteiger partial charge is 0.324 e. The maximum absolute atomic E-state index is 12.2. The summed E-state index contributed by atoms with van der Waals surface area (Å²) >= 11 is 4.89. The van der Waals surface area contributed by atoms with Crippen LogP contribution in [0.1, 0.15) is 50.8 Å². The second kappa shape index (κ2) is 8.85. The second-order valence-electron chi connectivity index (χ2n) is 6.24. The summed E-state index contributed by atoms with van der Waals surface area (Å²) in [5.41, 5.74) is 0.785. The number of nitrogens with zero attached hydrogens (tertiary/aromatic N) is 3. The van der Waals surface area contributed by atoms with Gasteiger partial charge >= 0.3 is 0 Å². The van der Waals surface area contributed by atoms with E-state index in [1.807, 2.05) is 24.3 Å². The summed E-state index contributed by atoms with van der Waals surface area (Å²) in [5.74, 6) is 1.90. The quantitative estimate of drug-likeness (QED) is 0.676. The molecule has 7 heteroatoms. The lowest BCUT2D eigenvalue weighted by Gasteiger charge is -2.21. The molecule has 0 saturated heterocycles. The number of carbonyl (C=O) groups excluding carboxylic acids is 1. The second-order valence-corrected chi connectivity index (χ2v) is 8.03. The molecule has 0 unspecified atom stereocenters. The van der Waals surface area contributed by atoms with E-state index in [0.717, 1.165) is 27.7 Å². The molecule has 3 rings (SSSR count). The van der Waals surface area contributed by atoms with Gasteiger partial charge in [0.2, 0.25) is 5.91 Å². The lowest BCUT2D eigenvalue weighted by Crippen LogP contribution is -2.15. The van der Waals surface area contributed by atoms with Crippen molar-refractivity contribution in [1.82, 2.24) is 14.8 Å².